The van der Waals surface area contributed by atoms with Crippen LogP contribution in [-0.4, -0.2) is 21.7 Å². The zero-order valence-corrected chi connectivity index (χ0v) is 10.8. The minimum atomic E-state index is -0.185. The maximum Gasteiger partial charge on any atom is 0.246 e. The fourth-order valence-corrected chi connectivity index (χ4v) is 2.35. The maximum atomic E-state index is 12.2. The highest BCUT2D eigenvalue weighted by molar-refractivity contribution is 5.96. The lowest BCUT2D eigenvalue weighted by atomic mass is 9.98. The van der Waals surface area contributed by atoms with Crippen LogP contribution < -0.4 is 10.6 Å². The van der Waals surface area contributed by atoms with Gasteiger partial charge in [0.15, 0.2) is 0 Å². The lowest BCUT2D eigenvalue weighted by Gasteiger charge is -2.25. The van der Waals surface area contributed by atoms with Gasteiger partial charge >= 0.3 is 0 Å². The van der Waals surface area contributed by atoms with Gasteiger partial charge in [-0.3, -0.25) is 9.48 Å². The van der Waals surface area contributed by atoms with Gasteiger partial charge in [0, 0.05) is 18.9 Å². The molecule has 1 aliphatic rings. The third kappa shape index (κ3) is 2.45. The van der Waals surface area contributed by atoms with Gasteiger partial charge in [0.25, 0.3) is 0 Å². The van der Waals surface area contributed by atoms with Gasteiger partial charge in [0.2, 0.25) is 5.91 Å². The summed E-state index contributed by atoms with van der Waals surface area (Å²) in [5.41, 5.74) is 3.06. The Morgan fingerprint density at radius 2 is 2.32 bits per heavy atom. The van der Waals surface area contributed by atoms with Crippen molar-refractivity contribution in [3.63, 3.8) is 0 Å². The van der Waals surface area contributed by atoms with Crippen LogP contribution >= 0.6 is 0 Å². The van der Waals surface area contributed by atoms with E-state index in [0.29, 0.717) is 0 Å². The molecule has 0 aliphatic carbocycles. The first kappa shape index (κ1) is 11.8. The van der Waals surface area contributed by atoms with Gasteiger partial charge in [0.05, 0.1) is 11.9 Å². The van der Waals surface area contributed by atoms with Gasteiger partial charge in [-0.25, -0.2) is 0 Å². The molecule has 0 saturated carbocycles. The highest BCUT2D eigenvalue weighted by atomic mass is 16.2. The lowest BCUT2D eigenvalue weighted by Crippen LogP contribution is -2.37. The topological polar surface area (TPSA) is 59.0 Å². The molecule has 2 heterocycles. The Morgan fingerprint density at radius 3 is 3.11 bits per heavy atom. The van der Waals surface area contributed by atoms with Crippen molar-refractivity contribution in [3.8, 4) is 0 Å². The molecular formula is C14H16N4O. The molecule has 2 aromatic rings. The maximum absolute atomic E-state index is 12.2. The van der Waals surface area contributed by atoms with Crippen molar-refractivity contribution in [2.24, 2.45) is 7.05 Å². The average Bonchev–Trinajstić information content (AvgIpc) is 2.83. The molecule has 19 heavy (non-hydrogen) atoms. The summed E-state index contributed by atoms with van der Waals surface area (Å²) < 4.78 is 1.67. The van der Waals surface area contributed by atoms with E-state index >= 15 is 0 Å². The van der Waals surface area contributed by atoms with Crippen LogP contribution in [-0.2, 0) is 18.3 Å². The zero-order chi connectivity index (χ0) is 13.2. The van der Waals surface area contributed by atoms with Crippen LogP contribution in [0.15, 0.2) is 36.7 Å². The first-order valence-corrected chi connectivity index (χ1v) is 6.36. The van der Waals surface area contributed by atoms with Crippen LogP contribution in [0.4, 0.5) is 11.4 Å². The molecule has 1 aromatic heterocycles. The molecule has 1 aromatic carbocycles. The Bertz CT molecular complexity index is 605. The number of anilines is 2. The first-order valence-electron chi connectivity index (χ1n) is 6.36. The lowest BCUT2D eigenvalue weighted by molar-refractivity contribution is -0.117. The number of rotatable bonds is 2. The molecule has 1 amide bonds. The predicted octanol–water partition coefficient (Wildman–Crippen LogP) is 1.79. The van der Waals surface area contributed by atoms with Crippen LogP contribution in [0.25, 0.3) is 0 Å². The average molecular weight is 256 g/mol. The Kier molecular flexibility index (Phi) is 2.95. The zero-order valence-electron chi connectivity index (χ0n) is 10.8. The number of aryl methyl sites for hydroxylation is 2. The van der Waals surface area contributed by atoms with Crippen molar-refractivity contribution in [1.29, 1.82) is 0 Å². The van der Waals surface area contributed by atoms with Crippen molar-refractivity contribution < 1.29 is 4.79 Å². The van der Waals surface area contributed by atoms with Crippen molar-refractivity contribution in [2.75, 3.05) is 10.6 Å². The fraction of sp³-hybridized carbons (Fsp3) is 0.286. The molecule has 1 aliphatic heterocycles. The molecule has 0 spiro atoms. The number of nitrogens with one attached hydrogen (secondary N) is 2. The normalized spacial score (nSPS) is 17.4. The van der Waals surface area contributed by atoms with Crippen LogP contribution in [0.5, 0.6) is 0 Å². The number of hydrogen-bond donors (Lipinski definition) is 2. The molecule has 98 valence electrons. The Labute approximate surface area is 111 Å². The second-order valence-corrected chi connectivity index (χ2v) is 4.78. The minimum absolute atomic E-state index is 0.0116. The van der Waals surface area contributed by atoms with Gasteiger partial charge in [-0.05, 0) is 24.5 Å². The summed E-state index contributed by atoms with van der Waals surface area (Å²) in [6.07, 6.45) is 5.17. The van der Waals surface area contributed by atoms with E-state index in [1.807, 2.05) is 25.2 Å². The van der Waals surface area contributed by atoms with Crippen molar-refractivity contribution in [3.05, 3.63) is 42.2 Å². The molecule has 1 atom stereocenters. The van der Waals surface area contributed by atoms with Crippen LogP contribution in [0.3, 0.4) is 0 Å². The number of carbonyl (C=O) groups excluding carboxylic acids is 1. The van der Waals surface area contributed by atoms with Crippen molar-refractivity contribution in [2.45, 2.75) is 18.9 Å². The van der Waals surface area contributed by atoms with E-state index in [2.05, 4.69) is 21.8 Å². The molecule has 0 radical (unpaired) electrons. The summed E-state index contributed by atoms with van der Waals surface area (Å²) in [5.74, 6) is -0.0116. The highest BCUT2D eigenvalue weighted by Gasteiger charge is 2.23. The smallest absolute Gasteiger partial charge is 0.246 e. The molecule has 0 saturated heterocycles. The number of benzene rings is 1. The van der Waals surface area contributed by atoms with Crippen LogP contribution in [0.2, 0.25) is 0 Å². The SMILES string of the molecule is Cn1cc(NC(=O)C2CCc3ccccc3N2)cn1. The van der Waals surface area contributed by atoms with Crippen molar-refractivity contribution >= 4 is 17.3 Å². The Balaban J connectivity index is 1.69. The highest BCUT2D eigenvalue weighted by Crippen LogP contribution is 2.24. The minimum Gasteiger partial charge on any atom is -0.373 e. The van der Waals surface area contributed by atoms with Gasteiger partial charge in [-0.15, -0.1) is 0 Å². The number of fused-ring (bicyclic) bond motifs is 1. The number of nitrogens with zero attached hydrogens (tertiary/aromatic N) is 2. The van der Waals surface area contributed by atoms with E-state index in [9.17, 15) is 4.79 Å². The van der Waals surface area contributed by atoms with E-state index in [0.717, 1.165) is 24.2 Å². The van der Waals surface area contributed by atoms with Gasteiger partial charge < -0.3 is 10.6 Å². The number of para-hydroxylation sites is 1. The number of hydrogen-bond acceptors (Lipinski definition) is 3. The molecule has 3 rings (SSSR count). The van der Waals surface area contributed by atoms with Crippen LogP contribution in [0, 0.1) is 0 Å². The number of carbonyl (C=O) groups is 1. The molecule has 5 nitrogen and oxygen atoms in total. The number of amides is 1. The largest absolute Gasteiger partial charge is 0.373 e. The third-order valence-corrected chi connectivity index (χ3v) is 3.34. The van der Waals surface area contributed by atoms with Crippen LogP contribution in [0.1, 0.15) is 12.0 Å². The monoisotopic (exact) mass is 256 g/mol. The Morgan fingerprint density at radius 1 is 1.47 bits per heavy atom. The third-order valence-electron chi connectivity index (χ3n) is 3.34. The van der Waals surface area contributed by atoms with E-state index in [1.54, 1.807) is 17.1 Å². The summed E-state index contributed by atoms with van der Waals surface area (Å²) in [4.78, 5) is 12.2. The van der Waals surface area contributed by atoms with E-state index in [-0.39, 0.29) is 11.9 Å². The molecule has 0 bridgehead atoms. The van der Waals surface area contributed by atoms with Gasteiger partial charge in [-0.1, -0.05) is 18.2 Å². The van der Waals surface area contributed by atoms with Gasteiger partial charge in [-0.2, -0.15) is 5.10 Å². The predicted molar refractivity (Wildman–Crippen MR) is 74.0 cm³/mol. The first-order chi connectivity index (χ1) is 9.22. The molecule has 1 unspecified atom stereocenters. The summed E-state index contributed by atoms with van der Waals surface area (Å²) in [6, 6.07) is 7.93. The quantitative estimate of drug-likeness (QED) is 0.861. The molecule has 5 heteroatoms. The van der Waals surface area contributed by atoms with E-state index < -0.39 is 0 Å². The number of aromatic nitrogens is 2. The Hall–Kier alpha value is -2.30. The second-order valence-electron chi connectivity index (χ2n) is 4.78. The summed E-state index contributed by atoms with van der Waals surface area (Å²) in [7, 11) is 1.82. The molecular weight excluding hydrogens is 240 g/mol. The summed E-state index contributed by atoms with van der Waals surface area (Å²) >= 11 is 0. The summed E-state index contributed by atoms with van der Waals surface area (Å²) in [5, 5.41) is 10.2. The molecule has 0 fully saturated rings. The van der Waals surface area contributed by atoms with Crippen molar-refractivity contribution in [1.82, 2.24) is 9.78 Å². The standard InChI is InChI=1S/C14H16N4O/c1-18-9-11(8-15-18)16-14(19)13-7-6-10-4-2-3-5-12(10)17-13/h2-5,8-9,13,17H,6-7H2,1H3,(H,16,19). The van der Waals surface area contributed by atoms with E-state index in [1.165, 1.54) is 5.56 Å². The van der Waals surface area contributed by atoms with Gasteiger partial charge in [0.1, 0.15) is 6.04 Å². The van der Waals surface area contributed by atoms with E-state index in [4.69, 9.17) is 0 Å². The second kappa shape index (κ2) is 4.76. The molecule has 2 N–H and O–H groups in total. The fourth-order valence-electron chi connectivity index (χ4n) is 2.35. The summed E-state index contributed by atoms with van der Waals surface area (Å²) in [6.45, 7) is 0.